The standard InChI is InChI=1S/C8H13NO/c10-8-7-4-2-1-3-6(7)5-9-8/h6-7H,1-5H2,(H,9,10)/t6-,7+/m1/s1. The molecule has 0 aromatic heterocycles. The van der Waals surface area contributed by atoms with Crippen LogP contribution in [0.25, 0.3) is 0 Å². The van der Waals surface area contributed by atoms with Gasteiger partial charge in [-0.25, -0.2) is 0 Å². The van der Waals surface area contributed by atoms with Gasteiger partial charge in [-0.15, -0.1) is 0 Å². The van der Waals surface area contributed by atoms with Crippen molar-refractivity contribution in [1.29, 1.82) is 0 Å². The Morgan fingerprint density at radius 3 is 2.90 bits per heavy atom. The molecule has 0 aromatic carbocycles. The first kappa shape index (κ1) is 6.20. The van der Waals surface area contributed by atoms with Crippen molar-refractivity contribution in [2.75, 3.05) is 6.54 Å². The second-order valence-electron chi connectivity index (χ2n) is 3.40. The number of rotatable bonds is 0. The molecule has 0 radical (unpaired) electrons. The largest absolute Gasteiger partial charge is 0.356 e. The fourth-order valence-corrected chi connectivity index (χ4v) is 2.16. The third-order valence-corrected chi connectivity index (χ3v) is 2.78. The van der Waals surface area contributed by atoms with Crippen LogP contribution in [0.4, 0.5) is 0 Å². The van der Waals surface area contributed by atoms with Crippen LogP contribution in [0, 0.1) is 11.8 Å². The first-order valence-corrected chi connectivity index (χ1v) is 4.15. The van der Waals surface area contributed by atoms with Crippen LogP contribution >= 0.6 is 0 Å². The molecule has 0 unspecified atom stereocenters. The number of carbonyl (C=O) groups is 1. The molecule has 0 bridgehead atoms. The van der Waals surface area contributed by atoms with E-state index in [1.807, 2.05) is 0 Å². The first-order chi connectivity index (χ1) is 4.88. The van der Waals surface area contributed by atoms with Gasteiger partial charge in [-0.3, -0.25) is 4.79 Å². The lowest BCUT2D eigenvalue weighted by molar-refractivity contribution is -0.123. The maximum atomic E-state index is 11.1. The van der Waals surface area contributed by atoms with Gasteiger partial charge in [-0.1, -0.05) is 12.8 Å². The summed E-state index contributed by atoms with van der Waals surface area (Å²) in [5.74, 6) is 1.37. The SMILES string of the molecule is O=C1NC[C@H]2CCCC[C@H]12. The van der Waals surface area contributed by atoms with E-state index in [4.69, 9.17) is 0 Å². The summed E-state index contributed by atoms with van der Waals surface area (Å²) in [6.07, 6.45) is 4.99. The Kier molecular flexibility index (Phi) is 1.40. The minimum absolute atomic E-state index is 0.310. The molecule has 2 nitrogen and oxygen atoms in total. The summed E-state index contributed by atoms with van der Waals surface area (Å²) < 4.78 is 0. The van der Waals surface area contributed by atoms with Crippen LogP contribution in [-0.2, 0) is 4.79 Å². The molecule has 1 saturated carbocycles. The molecule has 2 heteroatoms. The van der Waals surface area contributed by atoms with E-state index in [0.29, 0.717) is 17.7 Å². The third-order valence-electron chi connectivity index (χ3n) is 2.78. The Labute approximate surface area is 61.0 Å². The molecule has 1 aliphatic carbocycles. The molecule has 1 N–H and O–H groups in total. The molecule has 0 aromatic rings. The van der Waals surface area contributed by atoms with Gasteiger partial charge in [0.05, 0.1) is 0 Å². The smallest absolute Gasteiger partial charge is 0.223 e. The highest BCUT2D eigenvalue weighted by Gasteiger charge is 2.35. The molecule has 10 heavy (non-hydrogen) atoms. The Balaban J connectivity index is 2.08. The highest BCUT2D eigenvalue weighted by molar-refractivity contribution is 5.81. The Morgan fingerprint density at radius 1 is 1.30 bits per heavy atom. The Hall–Kier alpha value is -0.530. The lowest BCUT2D eigenvalue weighted by Gasteiger charge is -2.21. The summed E-state index contributed by atoms with van der Waals surface area (Å²) in [6.45, 7) is 0.948. The molecule has 56 valence electrons. The summed E-state index contributed by atoms with van der Waals surface area (Å²) in [4.78, 5) is 11.1. The normalized spacial score (nSPS) is 39.0. The van der Waals surface area contributed by atoms with Gasteiger partial charge in [-0.05, 0) is 18.8 Å². The highest BCUT2D eigenvalue weighted by atomic mass is 16.2. The quantitative estimate of drug-likeness (QED) is 0.531. The van der Waals surface area contributed by atoms with E-state index >= 15 is 0 Å². The minimum atomic E-state index is 0.310. The number of carbonyl (C=O) groups excluding carboxylic acids is 1. The summed E-state index contributed by atoms with van der Waals surface area (Å²) in [7, 11) is 0. The molecule has 1 aliphatic heterocycles. The molecule has 2 aliphatic rings. The Morgan fingerprint density at radius 2 is 2.10 bits per heavy atom. The average Bonchev–Trinajstić information content (AvgIpc) is 2.34. The van der Waals surface area contributed by atoms with Crippen LogP contribution in [0.5, 0.6) is 0 Å². The van der Waals surface area contributed by atoms with E-state index in [1.165, 1.54) is 19.3 Å². The van der Waals surface area contributed by atoms with Gasteiger partial charge in [0.2, 0.25) is 5.91 Å². The van der Waals surface area contributed by atoms with Gasteiger partial charge in [0, 0.05) is 12.5 Å². The van der Waals surface area contributed by atoms with Gasteiger partial charge in [0.1, 0.15) is 0 Å². The van der Waals surface area contributed by atoms with Crippen molar-refractivity contribution in [3.05, 3.63) is 0 Å². The van der Waals surface area contributed by atoms with Crippen molar-refractivity contribution < 1.29 is 4.79 Å². The summed E-state index contributed by atoms with van der Waals surface area (Å²) in [5, 5.41) is 2.92. The van der Waals surface area contributed by atoms with Crippen molar-refractivity contribution >= 4 is 5.91 Å². The molecule has 1 amide bonds. The minimum Gasteiger partial charge on any atom is -0.356 e. The van der Waals surface area contributed by atoms with Crippen LogP contribution in [0.3, 0.4) is 0 Å². The van der Waals surface area contributed by atoms with Crippen molar-refractivity contribution in [3.8, 4) is 0 Å². The second-order valence-corrected chi connectivity index (χ2v) is 3.40. The highest BCUT2D eigenvalue weighted by Crippen LogP contribution is 2.32. The number of fused-ring (bicyclic) bond motifs is 1. The molecule has 1 saturated heterocycles. The fraction of sp³-hybridized carbons (Fsp3) is 0.875. The van der Waals surface area contributed by atoms with Gasteiger partial charge < -0.3 is 5.32 Å². The van der Waals surface area contributed by atoms with Gasteiger partial charge >= 0.3 is 0 Å². The predicted molar refractivity (Wildman–Crippen MR) is 38.5 cm³/mol. The van der Waals surface area contributed by atoms with E-state index in [2.05, 4.69) is 5.32 Å². The van der Waals surface area contributed by atoms with Crippen LogP contribution in [0.1, 0.15) is 25.7 Å². The molecule has 2 fully saturated rings. The van der Waals surface area contributed by atoms with Crippen molar-refractivity contribution in [2.45, 2.75) is 25.7 Å². The fourth-order valence-electron chi connectivity index (χ4n) is 2.16. The molecule has 0 spiro atoms. The van der Waals surface area contributed by atoms with Crippen LogP contribution < -0.4 is 5.32 Å². The lowest BCUT2D eigenvalue weighted by atomic mass is 9.81. The molecular formula is C8H13NO. The van der Waals surface area contributed by atoms with Crippen LogP contribution in [0.2, 0.25) is 0 Å². The maximum Gasteiger partial charge on any atom is 0.223 e. The maximum absolute atomic E-state index is 11.1. The first-order valence-electron chi connectivity index (χ1n) is 4.15. The number of hydrogen-bond acceptors (Lipinski definition) is 1. The van der Waals surface area contributed by atoms with Crippen LogP contribution in [-0.4, -0.2) is 12.5 Å². The summed E-state index contributed by atoms with van der Waals surface area (Å²) >= 11 is 0. The van der Waals surface area contributed by atoms with E-state index in [0.717, 1.165) is 13.0 Å². The number of hydrogen-bond donors (Lipinski definition) is 1. The zero-order valence-electron chi connectivity index (χ0n) is 6.10. The van der Waals surface area contributed by atoms with E-state index in [9.17, 15) is 4.79 Å². The van der Waals surface area contributed by atoms with Crippen molar-refractivity contribution in [2.24, 2.45) is 11.8 Å². The van der Waals surface area contributed by atoms with Crippen LogP contribution in [0.15, 0.2) is 0 Å². The summed E-state index contributed by atoms with van der Waals surface area (Å²) in [5.41, 5.74) is 0. The van der Waals surface area contributed by atoms with E-state index in [1.54, 1.807) is 0 Å². The predicted octanol–water partition coefficient (Wildman–Crippen LogP) is 0.923. The van der Waals surface area contributed by atoms with Crippen molar-refractivity contribution in [3.63, 3.8) is 0 Å². The number of nitrogens with one attached hydrogen (secondary N) is 1. The monoisotopic (exact) mass is 139 g/mol. The molecule has 1 heterocycles. The summed E-state index contributed by atoms with van der Waals surface area (Å²) in [6, 6.07) is 0. The average molecular weight is 139 g/mol. The van der Waals surface area contributed by atoms with Gasteiger partial charge in [0.15, 0.2) is 0 Å². The zero-order valence-corrected chi connectivity index (χ0v) is 6.10. The van der Waals surface area contributed by atoms with E-state index in [-0.39, 0.29) is 0 Å². The van der Waals surface area contributed by atoms with Crippen molar-refractivity contribution in [1.82, 2.24) is 5.32 Å². The topological polar surface area (TPSA) is 29.1 Å². The van der Waals surface area contributed by atoms with E-state index < -0.39 is 0 Å². The zero-order chi connectivity index (χ0) is 6.97. The molecule has 2 rings (SSSR count). The van der Waals surface area contributed by atoms with Gasteiger partial charge in [-0.2, -0.15) is 0 Å². The van der Waals surface area contributed by atoms with Gasteiger partial charge in [0.25, 0.3) is 0 Å². The third kappa shape index (κ3) is 0.825. The second kappa shape index (κ2) is 2.26. The Bertz CT molecular complexity index is 155. The molecule has 2 atom stereocenters. The molecular weight excluding hydrogens is 126 g/mol. The lowest BCUT2D eigenvalue weighted by Crippen LogP contribution is -2.21. The number of amides is 1.